The Morgan fingerprint density at radius 3 is 2.49 bits per heavy atom. The number of esters is 1. The number of rotatable bonds is 7. The highest BCUT2D eigenvalue weighted by atomic mass is 16.7. The molecule has 7 rings (SSSR count). The molecule has 17 atom stereocenters. The Morgan fingerprint density at radius 2 is 1.76 bits per heavy atom. The van der Waals surface area contributed by atoms with Gasteiger partial charge < -0.3 is 52.5 Å². The summed E-state index contributed by atoms with van der Waals surface area (Å²) in [4.78, 5) is 14.3. The number of carbonyl (C=O) groups is 1. The molecule has 12 heteroatoms. The minimum atomic E-state index is -1.03. The van der Waals surface area contributed by atoms with Crippen LogP contribution in [0.4, 0.5) is 0 Å². The molecule has 1 spiro atoms. The van der Waals surface area contributed by atoms with Crippen LogP contribution >= 0.6 is 0 Å². The topological polar surface area (TPSA) is 130 Å². The molecule has 2 bridgehead atoms. The van der Waals surface area contributed by atoms with Crippen LogP contribution in [0.25, 0.3) is 0 Å². The molecule has 1 aliphatic carbocycles. The molecule has 12 nitrogen and oxygen atoms in total. The Morgan fingerprint density at radius 1 is 0.966 bits per heavy atom. The number of hydrogen-bond acceptors (Lipinski definition) is 12. The quantitative estimate of drug-likeness (QED) is 0.207. The van der Waals surface area contributed by atoms with Crippen LogP contribution < -0.4 is 0 Å². The summed E-state index contributed by atoms with van der Waals surface area (Å²) in [5.74, 6) is -1.82. The lowest BCUT2D eigenvalue weighted by Gasteiger charge is -2.48. The standard InChI is InChI=1S/C45H66O12.C2H6/c1-9-25(2)41-28(5)15-16-45(57-41)22-33-20-32(56-45)14-13-27(4)40(54-36-21-35(48-8)42(30(7)52-36)55-37-24-49-17-18-50-37)26(3)11-10-12-31-23-51-43-38(31)34(44(47)53-33)19-29(6)39(43)46;1-2/h10-13,15-16,19,25-26,28,30,32-43,46H,9,14,17-18,20-24H2,1-8H3;1-2H3/b11-10+,27-13+,31-12+;/t25?,26-,28-,30?,32?,33?,34+,35?,36-,37?,38?,39?,40-,41?,42-,43?,45?;/m0./s1. The van der Waals surface area contributed by atoms with E-state index in [4.69, 9.17) is 47.4 Å². The van der Waals surface area contributed by atoms with Crippen LogP contribution in [0.15, 0.2) is 59.3 Å². The second kappa shape index (κ2) is 20.8. The van der Waals surface area contributed by atoms with Crippen molar-refractivity contribution < 1.29 is 57.3 Å². The average Bonchev–Trinajstić information content (AvgIpc) is 3.66. The maximum absolute atomic E-state index is 14.3. The van der Waals surface area contributed by atoms with Gasteiger partial charge in [0.05, 0.1) is 69.0 Å². The zero-order chi connectivity index (χ0) is 42.4. The SMILES string of the molecule is CC.CCC(C)C1OC2(C=C[C@@H]1C)CC1CC(C/C=C(\C)[C@@H](O[C@H]3CC(OC)[C@@H](OC4COCCO4)C(C)O3)[C@@H](C)/C=C/C=C3\COC4C(O)C(C)=C[C@@H](C(=O)O1)C34)O2. The summed E-state index contributed by atoms with van der Waals surface area (Å²) in [6.45, 7) is 20.4. The second-order valence-electron chi connectivity index (χ2n) is 17.4. The summed E-state index contributed by atoms with van der Waals surface area (Å²) in [6, 6.07) is 0. The lowest BCUT2D eigenvalue weighted by molar-refractivity contribution is -0.309. The predicted octanol–water partition coefficient (Wildman–Crippen LogP) is 7.15. The first-order valence-electron chi connectivity index (χ1n) is 22.3. The number of allylic oxidation sites excluding steroid dienone is 2. The van der Waals surface area contributed by atoms with Crippen LogP contribution in [0.5, 0.6) is 0 Å². The minimum absolute atomic E-state index is 0.0347. The molecule has 7 aliphatic rings. The Bertz CT molecular complexity index is 1550. The van der Waals surface area contributed by atoms with E-state index in [0.717, 1.165) is 17.6 Å². The molecule has 0 amide bonds. The normalized spacial score (nSPS) is 45.6. The van der Waals surface area contributed by atoms with Crippen LogP contribution in [-0.2, 0) is 52.2 Å². The first kappa shape index (κ1) is 46.3. The van der Waals surface area contributed by atoms with Crippen molar-refractivity contribution in [2.75, 3.05) is 33.5 Å². The molecule has 332 valence electrons. The molecule has 0 aromatic heterocycles. The molecule has 4 fully saturated rings. The summed E-state index contributed by atoms with van der Waals surface area (Å²) in [7, 11) is 1.69. The van der Waals surface area contributed by atoms with Gasteiger partial charge in [0.25, 0.3) is 0 Å². The summed E-state index contributed by atoms with van der Waals surface area (Å²) in [5, 5.41) is 11.2. The van der Waals surface area contributed by atoms with Gasteiger partial charge in [-0.05, 0) is 55.9 Å². The van der Waals surface area contributed by atoms with Crippen molar-refractivity contribution in [3.63, 3.8) is 0 Å². The second-order valence-corrected chi connectivity index (χ2v) is 17.4. The molecular weight excluding hydrogens is 757 g/mol. The van der Waals surface area contributed by atoms with Crippen molar-refractivity contribution in [1.82, 2.24) is 0 Å². The highest BCUT2D eigenvalue weighted by Gasteiger charge is 2.51. The number of carbonyl (C=O) groups excluding carboxylic acids is 1. The van der Waals surface area contributed by atoms with Gasteiger partial charge in [0, 0.05) is 44.1 Å². The molecule has 6 aliphatic heterocycles. The number of ether oxygens (including phenoxy) is 10. The largest absolute Gasteiger partial charge is 0.462 e. The van der Waals surface area contributed by atoms with E-state index in [1.807, 2.05) is 52.0 Å². The maximum atomic E-state index is 14.3. The molecule has 0 radical (unpaired) electrons. The summed E-state index contributed by atoms with van der Waals surface area (Å²) in [5.41, 5.74) is 2.70. The van der Waals surface area contributed by atoms with Gasteiger partial charge in [-0.2, -0.15) is 0 Å². The highest BCUT2D eigenvalue weighted by molar-refractivity contribution is 5.76. The van der Waals surface area contributed by atoms with Gasteiger partial charge in [-0.3, -0.25) is 4.79 Å². The molecular formula is C47H72O12. The van der Waals surface area contributed by atoms with E-state index in [-0.39, 0.29) is 60.3 Å². The van der Waals surface area contributed by atoms with Crippen LogP contribution in [0.1, 0.15) is 94.4 Å². The van der Waals surface area contributed by atoms with Gasteiger partial charge >= 0.3 is 5.97 Å². The van der Waals surface area contributed by atoms with Crippen molar-refractivity contribution in [3.8, 4) is 0 Å². The van der Waals surface area contributed by atoms with Gasteiger partial charge in [0.2, 0.25) is 0 Å². The van der Waals surface area contributed by atoms with Crippen molar-refractivity contribution in [3.05, 3.63) is 59.3 Å². The van der Waals surface area contributed by atoms with Crippen molar-refractivity contribution in [2.45, 2.75) is 168 Å². The molecule has 6 heterocycles. The van der Waals surface area contributed by atoms with Crippen molar-refractivity contribution >= 4 is 5.97 Å². The smallest absolute Gasteiger partial charge is 0.313 e. The van der Waals surface area contributed by atoms with Gasteiger partial charge in [-0.1, -0.05) is 84.4 Å². The monoisotopic (exact) mass is 829 g/mol. The van der Waals surface area contributed by atoms with Crippen LogP contribution in [0.3, 0.4) is 0 Å². The lowest BCUT2D eigenvalue weighted by Crippen LogP contribution is -2.53. The van der Waals surface area contributed by atoms with Crippen LogP contribution in [0, 0.1) is 29.6 Å². The lowest BCUT2D eigenvalue weighted by atomic mass is 9.75. The summed E-state index contributed by atoms with van der Waals surface area (Å²) < 4.78 is 63.5. The highest BCUT2D eigenvalue weighted by Crippen LogP contribution is 2.45. The molecule has 1 N–H and O–H groups in total. The molecule has 0 aromatic carbocycles. The Labute approximate surface area is 352 Å². The third kappa shape index (κ3) is 10.7. The van der Waals surface area contributed by atoms with E-state index < -0.39 is 42.6 Å². The van der Waals surface area contributed by atoms with E-state index in [9.17, 15) is 9.90 Å². The fourth-order valence-electron chi connectivity index (χ4n) is 9.76. The molecule has 4 saturated heterocycles. The number of aliphatic hydroxyl groups is 1. The molecule has 0 aromatic rings. The van der Waals surface area contributed by atoms with E-state index in [1.54, 1.807) is 7.11 Å². The van der Waals surface area contributed by atoms with Gasteiger partial charge in [0.15, 0.2) is 18.4 Å². The zero-order valence-electron chi connectivity index (χ0n) is 37.1. The minimum Gasteiger partial charge on any atom is -0.462 e. The van der Waals surface area contributed by atoms with Crippen LogP contribution in [0.2, 0.25) is 0 Å². The summed E-state index contributed by atoms with van der Waals surface area (Å²) >= 11 is 0. The Balaban J connectivity index is 0.00000288. The first-order valence-corrected chi connectivity index (χ1v) is 22.3. The maximum Gasteiger partial charge on any atom is 0.313 e. The fourth-order valence-corrected chi connectivity index (χ4v) is 9.76. The van der Waals surface area contributed by atoms with E-state index in [1.165, 1.54) is 0 Å². The number of hydrogen-bond donors (Lipinski definition) is 1. The van der Waals surface area contributed by atoms with Crippen LogP contribution in [-0.4, -0.2) is 118 Å². The Kier molecular flexibility index (Phi) is 16.3. The third-order valence-corrected chi connectivity index (χ3v) is 13.2. The van der Waals surface area contributed by atoms with E-state index in [2.05, 4.69) is 52.8 Å². The van der Waals surface area contributed by atoms with E-state index >= 15 is 0 Å². The first-order chi connectivity index (χ1) is 28.4. The van der Waals surface area contributed by atoms with Crippen molar-refractivity contribution in [1.29, 1.82) is 0 Å². The number of aliphatic hydroxyl groups excluding tert-OH is 1. The predicted molar refractivity (Wildman–Crippen MR) is 222 cm³/mol. The molecule has 11 unspecified atom stereocenters. The van der Waals surface area contributed by atoms with Gasteiger partial charge in [-0.25, -0.2) is 0 Å². The third-order valence-electron chi connectivity index (χ3n) is 13.2. The van der Waals surface area contributed by atoms with Gasteiger partial charge in [-0.15, -0.1) is 0 Å². The fraction of sp³-hybridized carbons (Fsp3) is 0.766. The Hall–Kier alpha value is -2.23. The molecule has 0 saturated carbocycles. The summed E-state index contributed by atoms with van der Waals surface area (Å²) in [6.07, 6.45) is 12.9. The average molecular weight is 829 g/mol. The number of fused-ring (bicyclic) bond motifs is 2. The van der Waals surface area contributed by atoms with Gasteiger partial charge in [0.1, 0.15) is 18.3 Å². The van der Waals surface area contributed by atoms with Crippen molar-refractivity contribution in [2.24, 2.45) is 29.6 Å². The number of methoxy groups -OCH3 is 1. The van der Waals surface area contributed by atoms with E-state index in [0.29, 0.717) is 63.6 Å². The zero-order valence-corrected chi connectivity index (χ0v) is 37.1. The molecule has 59 heavy (non-hydrogen) atoms.